The zero-order chi connectivity index (χ0) is 17.8. The van der Waals surface area contributed by atoms with Gasteiger partial charge in [-0.05, 0) is 36.3 Å². The molecule has 26 heavy (non-hydrogen) atoms. The number of hydrogen-bond acceptors (Lipinski definition) is 2. The Bertz CT molecular complexity index is 853. The lowest BCUT2D eigenvalue weighted by Crippen LogP contribution is -2.25. The summed E-state index contributed by atoms with van der Waals surface area (Å²) in [5.74, 6) is 0.798. The number of hydrogen-bond donors (Lipinski definition) is 0. The predicted octanol–water partition coefficient (Wildman–Crippen LogP) is 4.00. The van der Waals surface area contributed by atoms with Gasteiger partial charge in [0.2, 0.25) is 5.90 Å². The molecule has 0 N–H and O–H groups in total. The Morgan fingerprint density at radius 3 is 2.00 bits per heavy atom. The molecular formula is C23H22NOP. The lowest BCUT2D eigenvalue weighted by Gasteiger charge is -2.22. The fraction of sp³-hybridized carbons (Fsp3) is 0.174. The second kappa shape index (κ2) is 7.85. The molecule has 0 saturated heterocycles. The van der Waals surface area contributed by atoms with E-state index in [2.05, 4.69) is 91.9 Å². The minimum atomic E-state index is -0.662. The quantitative estimate of drug-likeness (QED) is 0.631. The van der Waals surface area contributed by atoms with Gasteiger partial charge in [-0.2, -0.15) is 0 Å². The number of ether oxygens (including phenoxy) is 1. The van der Waals surface area contributed by atoms with Gasteiger partial charge in [0.1, 0.15) is 6.61 Å². The van der Waals surface area contributed by atoms with Crippen molar-refractivity contribution in [3.8, 4) is 0 Å². The van der Waals surface area contributed by atoms with Crippen LogP contribution in [0.5, 0.6) is 0 Å². The number of benzene rings is 3. The summed E-state index contributed by atoms with van der Waals surface area (Å²) >= 11 is 0. The van der Waals surface area contributed by atoms with Gasteiger partial charge < -0.3 is 4.74 Å². The van der Waals surface area contributed by atoms with Gasteiger partial charge in [0.25, 0.3) is 0 Å². The van der Waals surface area contributed by atoms with Crippen molar-refractivity contribution in [3.05, 3.63) is 90.5 Å². The highest BCUT2D eigenvalue weighted by atomic mass is 31.1. The molecule has 3 heteroatoms. The van der Waals surface area contributed by atoms with E-state index in [4.69, 9.17) is 9.73 Å². The Balaban J connectivity index is 1.85. The summed E-state index contributed by atoms with van der Waals surface area (Å²) in [6.45, 7) is 2.85. The summed E-state index contributed by atoms with van der Waals surface area (Å²) in [7, 11) is -0.662. The molecule has 2 nitrogen and oxygen atoms in total. The number of aliphatic imine (C=N–C) groups is 1. The van der Waals surface area contributed by atoms with Crippen LogP contribution in [0, 0.1) is 0 Å². The van der Waals surface area contributed by atoms with Crippen LogP contribution in [0.15, 0.2) is 89.9 Å². The molecule has 0 spiro atoms. The van der Waals surface area contributed by atoms with Gasteiger partial charge in [-0.15, -0.1) is 0 Å². The van der Waals surface area contributed by atoms with Crippen LogP contribution in [-0.4, -0.2) is 18.5 Å². The van der Waals surface area contributed by atoms with Crippen LogP contribution in [0.3, 0.4) is 0 Å². The predicted molar refractivity (Wildman–Crippen MR) is 112 cm³/mol. The first-order valence-corrected chi connectivity index (χ1v) is 10.4. The molecule has 0 aromatic heterocycles. The molecule has 130 valence electrons. The van der Waals surface area contributed by atoms with Gasteiger partial charge in [-0.25, -0.2) is 4.99 Å². The lowest BCUT2D eigenvalue weighted by molar-refractivity contribution is 0.315. The van der Waals surface area contributed by atoms with E-state index in [1.807, 2.05) is 0 Å². The smallest absolute Gasteiger partial charge is 0.217 e. The second-order valence-corrected chi connectivity index (χ2v) is 8.52. The molecule has 3 aromatic carbocycles. The van der Waals surface area contributed by atoms with Crippen LogP contribution in [0.2, 0.25) is 0 Å². The first kappa shape index (κ1) is 17.0. The number of rotatable bonds is 5. The van der Waals surface area contributed by atoms with Crippen LogP contribution in [0.1, 0.15) is 18.9 Å². The van der Waals surface area contributed by atoms with Gasteiger partial charge in [0.05, 0.1) is 6.04 Å². The highest BCUT2D eigenvalue weighted by molar-refractivity contribution is 7.80. The first-order valence-electron chi connectivity index (χ1n) is 9.07. The maximum absolute atomic E-state index is 5.97. The molecular weight excluding hydrogens is 337 g/mol. The maximum Gasteiger partial charge on any atom is 0.217 e. The molecule has 0 amide bonds. The summed E-state index contributed by atoms with van der Waals surface area (Å²) in [5, 5.41) is 3.98. The van der Waals surface area contributed by atoms with Crippen molar-refractivity contribution in [1.29, 1.82) is 0 Å². The zero-order valence-electron chi connectivity index (χ0n) is 14.9. The van der Waals surface area contributed by atoms with Crippen LogP contribution in [0.25, 0.3) is 0 Å². The third-order valence-corrected chi connectivity index (χ3v) is 7.09. The van der Waals surface area contributed by atoms with Gasteiger partial charge in [0.15, 0.2) is 0 Å². The Kier molecular flexibility index (Phi) is 5.13. The van der Waals surface area contributed by atoms with E-state index in [9.17, 15) is 0 Å². The van der Waals surface area contributed by atoms with Gasteiger partial charge in [-0.3, -0.25) is 0 Å². The van der Waals surface area contributed by atoms with Crippen molar-refractivity contribution in [3.63, 3.8) is 0 Å². The normalized spacial score (nSPS) is 16.4. The minimum Gasteiger partial charge on any atom is -0.475 e. The molecule has 0 unspecified atom stereocenters. The van der Waals surface area contributed by atoms with Gasteiger partial charge in [-0.1, -0.05) is 85.8 Å². The van der Waals surface area contributed by atoms with E-state index in [-0.39, 0.29) is 6.04 Å². The molecule has 1 heterocycles. The first-order chi connectivity index (χ1) is 12.9. The van der Waals surface area contributed by atoms with Crippen molar-refractivity contribution < 1.29 is 4.74 Å². The summed E-state index contributed by atoms with van der Waals surface area (Å²) in [6.07, 6.45) is 1.01. The van der Waals surface area contributed by atoms with E-state index >= 15 is 0 Å². The highest BCUT2D eigenvalue weighted by Gasteiger charge is 2.25. The third-order valence-electron chi connectivity index (χ3n) is 4.59. The average Bonchev–Trinajstić information content (AvgIpc) is 3.19. The fourth-order valence-corrected chi connectivity index (χ4v) is 5.64. The molecule has 0 bridgehead atoms. The topological polar surface area (TPSA) is 21.6 Å². The summed E-state index contributed by atoms with van der Waals surface area (Å²) in [4.78, 5) is 4.81. The molecule has 1 aliphatic rings. The fourth-order valence-electron chi connectivity index (χ4n) is 3.20. The molecule has 0 radical (unpaired) electrons. The Morgan fingerprint density at radius 2 is 1.42 bits per heavy atom. The largest absolute Gasteiger partial charge is 0.475 e. The van der Waals surface area contributed by atoms with Crippen LogP contribution in [-0.2, 0) is 4.74 Å². The van der Waals surface area contributed by atoms with Gasteiger partial charge in [0, 0.05) is 5.56 Å². The monoisotopic (exact) mass is 359 g/mol. The minimum absolute atomic E-state index is 0.276. The summed E-state index contributed by atoms with van der Waals surface area (Å²) in [6, 6.07) is 30.4. The van der Waals surface area contributed by atoms with Crippen molar-refractivity contribution >= 4 is 29.7 Å². The SMILES string of the molecule is CC[C@@H]1COC(c2ccccc2P(c2ccccc2)c2ccccc2)=N1. The molecule has 0 aliphatic carbocycles. The average molecular weight is 359 g/mol. The van der Waals surface area contributed by atoms with E-state index < -0.39 is 7.92 Å². The van der Waals surface area contributed by atoms with Crippen LogP contribution >= 0.6 is 7.92 Å². The van der Waals surface area contributed by atoms with Crippen molar-refractivity contribution in [2.45, 2.75) is 19.4 Å². The number of nitrogens with zero attached hydrogens (tertiary/aromatic N) is 1. The van der Waals surface area contributed by atoms with Crippen molar-refractivity contribution in [1.82, 2.24) is 0 Å². The van der Waals surface area contributed by atoms with Crippen LogP contribution in [0.4, 0.5) is 0 Å². The Labute approximate surface area is 156 Å². The van der Waals surface area contributed by atoms with Crippen molar-refractivity contribution in [2.75, 3.05) is 6.61 Å². The second-order valence-electron chi connectivity index (χ2n) is 6.33. The molecule has 1 atom stereocenters. The van der Waals surface area contributed by atoms with E-state index in [0.717, 1.165) is 17.9 Å². The maximum atomic E-state index is 5.97. The van der Waals surface area contributed by atoms with Gasteiger partial charge >= 0.3 is 0 Å². The van der Waals surface area contributed by atoms with E-state index in [1.165, 1.54) is 15.9 Å². The van der Waals surface area contributed by atoms with Crippen molar-refractivity contribution in [2.24, 2.45) is 4.99 Å². The zero-order valence-corrected chi connectivity index (χ0v) is 15.8. The molecule has 1 aliphatic heterocycles. The molecule has 3 aromatic rings. The van der Waals surface area contributed by atoms with E-state index in [1.54, 1.807) is 0 Å². The van der Waals surface area contributed by atoms with E-state index in [0.29, 0.717) is 6.61 Å². The summed E-state index contributed by atoms with van der Waals surface area (Å²) in [5.41, 5.74) is 1.13. The molecule has 0 saturated carbocycles. The summed E-state index contributed by atoms with van der Waals surface area (Å²) < 4.78 is 5.97. The lowest BCUT2D eigenvalue weighted by atomic mass is 10.2. The Morgan fingerprint density at radius 1 is 0.846 bits per heavy atom. The molecule has 0 fully saturated rings. The standard InChI is InChI=1S/C23H22NOP/c1-2-18-17-25-23(24-18)21-15-9-10-16-22(21)26(19-11-5-3-6-12-19)20-13-7-4-8-14-20/h3-16,18H,2,17H2,1H3/t18-/m1/s1. The molecule has 4 rings (SSSR count). The Hall–Kier alpha value is -2.44. The highest BCUT2D eigenvalue weighted by Crippen LogP contribution is 2.34. The third kappa shape index (κ3) is 3.43. The van der Waals surface area contributed by atoms with Crippen LogP contribution < -0.4 is 15.9 Å².